The molecular formula is C18H36N2. The highest BCUT2D eigenvalue weighted by Crippen LogP contribution is 2.37. The molecule has 2 aliphatic rings. The Morgan fingerprint density at radius 2 is 1.55 bits per heavy atom. The quantitative estimate of drug-likeness (QED) is 0.781. The van der Waals surface area contributed by atoms with Crippen molar-refractivity contribution in [3.8, 4) is 0 Å². The summed E-state index contributed by atoms with van der Waals surface area (Å²) in [5, 5.41) is 3.50. The molecule has 0 atom stereocenters. The zero-order chi connectivity index (χ0) is 14.5. The minimum Gasteiger partial charge on any atom is -0.319 e. The van der Waals surface area contributed by atoms with E-state index < -0.39 is 0 Å². The van der Waals surface area contributed by atoms with E-state index >= 15 is 0 Å². The first-order valence-electron chi connectivity index (χ1n) is 8.92. The van der Waals surface area contributed by atoms with Crippen LogP contribution in [-0.2, 0) is 0 Å². The van der Waals surface area contributed by atoms with Crippen molar-refractivity contribution in [2.24, 2.45) is 10.8 Å². The Morgan fingerprint density at radius 3 is 2.20 bits per heavy atom. The molecule has 0 radical (unpaired) electrons. The van der Waals surface area contributed by atoms with Crippen molar-refractivity contribution in [1.82, 2.24) is 10.2 Å². The van der Waals surface area contributed by atoms with Gasteiger partial charge in [0.05, 0.1) is 0 Å². The second kappa shape index (κ2) is 7.26. The zero-order valence-corrected chi connectivity index (χ0v) is 14.1. The van der Waals surface area contributed by atoms with Crippen LogP contribution < -0.4 is 5.32 Å². The van der Waals surface area contributed by atoms with Gasteiger partial charge in [0.25, 0.3) is 0 Å². The Morgan fingerprint density at radius 1 is 0.850 bits per heavy atom. The van der Waals surface area contributed by atoms with E-state index in [-0.39, 0.29) is 0 Å². The molecule has 2 nitrogen and oxygen atoms in total. The molecule has 0 unspecified atom stereocenters. The van der Waals surface area contributed by atoms with Gasteiger partial charge in [0.15, 0.2) is 0 Å². The summed E-state index contributed by atoms with van der Waals surface area (Å²) in [6.07, 6.45) is 12.9. The van der Waals surface area contributed by atoms with Crippen LogP contribution in [0.3, 0.4) is 0 Å². The summed E-state index contributed by atoms with van der Waals surface area (Å²) in [7, 11) is 2.14. The summed E-state index contributed by atoms with van der Waals surface area (Å²) in [6.45, 7) is 10.1. The van der Waals surface area contributed by atoms with Crippen molar-refractivity contribution in [2.75, 3.05) is 33.2 Å². The predicted octanol–water partition coefficient (Wildman–Crippen LogP) is 4.06. The van der Waals surface area contributed by atoms with Gasteiger partial charge in [-0.15, -0.1) is 0 Å². The lowest BCUT2D eigenvalue weighted by atomic mass is 9.79. The maximum Gasteiger partial charge on any atom is 0.00501 e. The molecule has 0 spiro atoms. The third-order valence-electron chi connectivity index (χ3n) is 5.71. The molecule has 0 aromatic carbocycles. The number of nitrogens with zero attached hydrogens (tertiary/aromatic N) is 1. The molecule has 118 valence electrons. The molecule has 2 heteroatoms. The van der Waals surface area contributed by atoms with Gasteiger partial charge in [0.1, 0.15) is 0 Å². The average molecular weight is 280 g/mol. The fourth-order valence-corrected chi connectivity index (χ4v) is 4.36. The summed E-state index contributed by atoms with van der Waals surface area (Å²) in [5.41, 5.74) is 1.12. The molecule has 20 heavy (non-hydrogen) atoms. The molecule has 0 bridgehead atoms. The van der Waals surface area contributed by atoms with Gasteiger partial charge >= 0.3 is 0 Å². The summed E-state index contributed by atoms with van der Waals surface area (Å²) >= 11 is 0. The van der Waals surface area contributed by atoms with Crippen LogP contribution in [0.2, 0.25) is 0 Å². The minimum atomic E-state index is 0.555. The van der Waals surface area contributed by atoms with Crippen LogP contribution in [0.1, 0.15) is 71.6 Å². The topological polar surface area (TPSA) is 15.3 Å². The van der Waals surface area contributed by atoms with Crippen molar-refractivity contribution >= 4 is 0 Å². The zero-order valence-electron chi connectivity index (χ0n) is 14.1. The highest BCUT2D eigenvalue weighted by atomic mass is 15.1. The SMILES string of the molecule is CNCC1(CN2CCCC(C)(C)CC2)CCCCCC1. The van der Waals surface area contributed by atoms with Gasteiger partial charge in [-0.25, -0.2) is 0 Å². The third kappa shape index (κ3) is 4.73. The molecule has 1 aliphatic carbocycles. The molecule has 1 N–H and O–H groups in total. The first-order valence-corrected chi connectivity index (χ1v) is 8.92. The Balaban J connectivity index is 1.96. The van der Waals surface area contributed by atoms with Gasteiger partial charge in [-0.3, -0.25) is 0 Å². The van der Waals surface area contributed by atoms with Gasteiger partial charge in [-0.2, -0.15) is 0 Å². The standard InChI is InChI=1S/C18H36N2/c1-17(2)9-8-13-20(14-12-17)16-18(15-19-3)10-6-4-5-7-11-18/h19H,4-16H2,1-3H3. The van der Waals surface area contributed by atoms with Gasteiger partial charge in [-0.05, 0) is 63.1 Å². The Labute approximate surface area is 126 Å². The lowest BCUT2D eigenvalue weighted by Crippen LogP contribution is -2.43. The van der Waals surface area contributed by atoms with Crippen LogP contribution in [0.15, 0.2) is 0 Å². The number of nitrogens with one attached hydrogen (secondary N) is 1. The first kappa shape index (κ1) is 16.3. The monoisotopic (exact) mass is 280 g/mol. The fraction of sp³-hybridized carbons (Fsp3) is 1.00. The fourth-order valence-electron chi connectivity index (χ4n) is 4.36. The number of likely N-dealkylation sites (tertiary alicyclic amines) is 1. The summed E-state index contributed by atoms with van der Waals surface area (Å²) in [6, 6.07) is 0. The number of rotatable bonds is 4. The molecule has 2 rings (SSSR count). The van der Waals surface area contributed by atoms with E-state index in [1.54, 1.807) is 0 Å². The van der Waals surface area contributed by atoms with Crippen molar-refractivity contribution in [3.63, 3.8) is 0 Å². The number of hydrogen-bond donors (Lipinski definition) is 1. The van der Waals surface area contributed by atoms with Crippen LogP contribution >= 0.6 is 0 Å². The van der Waals surface area contributed by atoms with Gasteiger partial charge < -0.3 is 10.2 Å². The molecule has 1 saturated carbocycles. The Hall–Kier alpha value is -0.0800. The minimum absolute atomic E-state index is 0.555. The summed E-state index contributed by atoms with van der Waals surface area (Å²) < 4.78 is 0. The molecule has 0 aromatic heterocycles. The first-order chi connectivity index (χ1) is 9.55. The van der Waals surface area contributed by atoms with E-state index in [1.165, 1.54) is 84.0 Å². The lowest BCUT2D eigenvalue weighted by Gasteiger charge is -2.38. The highest BCUT2D eigenvalue weighted by molar-refractivity contribution is 4.88. The molecule has 1 aliphatic heterocycles. The smallest absolute Gasteiger partial charge is 0.00501 e. The highest BCUT2D eigenvalue weighted by Gasteiger charge is 2.33. The average Bonchev–Trinajstić information content (AvgIpc) is 2.70. The molecule has 2 fully saturated rings. The largest absolute Gasteiger partial charge is 0.319 e. The van der Waals surface area contributed by atoms with Crippen LogP contribution in [0.4, 0.5) is 0 Å². The molecule has 1 heterocycles. The van der Waals surface area contributed by atoms with E-state index in [4.69, 9.17) is 0 Å². The van der Waals surface area contributed by atoms with E-state index in [1.807, 2.05) is 0 Å². The third-order valence-corrected chi connectivity index (χ3v) is 5.71. The Bertz CT molecular complexity index is 277. The predicted molar refractivity (Wildman–Crippen MR) is 88.1 cm³/mol. The van der Waals surface area contributed by atoms with E-state index in [9.17, 15) is 0 Å². The normalized spacial score (nSPS) is 27.8. The molecule has 0 amide bonds. The van der Waals surface area contributed by atoms with Crippen LogP contribution in [0.25, 0.3) is 0 Å². The van der Waals surface area contributed by atoms with E-state index in [0.717, 1.165) is 0 Å². The van der Waals surface area contributed by atoms with Crippen LogP contribution in [0.5, 0.6) is 0 Å². The molecular weight excluding hydrogens is 244 g/mol. The van der Waals surface area contributed by atoms with E-state index in [0.29, 0.717) is 10.8 Å². The van der Waals surface area contributed by atoms with Gasteiger partial charge in [0.2, 0.25) is 0 Å². The van der Waals surface area contributed by atoms with Crippen LogP contribution in [0, 0.1) is 10.8 Å². The van der Waals surface area contributed by atoms with Crippen molar-refractivity contribution in [3.05, 3.63) is 0 Å². The van der Waals surface area contributed by atoms with Crippen molar-refractivity contribution < 1.29 is 0 Å². The second-order valence-electron chi connectivity index (χ2n) is 8.24. The van der Waals surface area contributed by atoms with E-state index in [2.05, 4.69) is 31.1 Å². The second-order valence-corrected chi connectivity index (χ2v) is 8.24. The molecule has 0 aromatic rings. The summed E-state index contributed by atoms with van der Waals surface area (Å²) in [4.78, 5) is 2.79. The van der Waals surface area contributed by atoms with Crippen molar-refractivity contribution in [1.29, 1.82) is 0 Å². The molecule has 1 saturated heterocycles. The summed E-state index contributed by atoms with van der Waals surface area (Å²) in [5.74, 6) is 0. The van der Waals surface area contributed by atoms with Gasteiger partial charge in [0, 0.05) is 13.1 Å². The van der Waals surface area contributed by atoms with Gasteiger partial charge in [-0.1, -0.05) is 39.5 Å². The lowest BCUT2D eigenvalue weighted by molar-refractivity contribution is 0.128. The van der Waals surface area contributed by atoms with Crippen LogP contribution in [-0.4, -0.2) is 38.1 Å². The van der Waals surface area contributed by atoms with Crippen molar-refractivity contribution in [2.45, 2.75) is 71.6 Å². The number of hydrogen-bond acceptors (Lipinski definition) is 2. The maximum absolute atomic E-state index is 3.50. The Kier molecular flexibility index (Phi) is 5.92. The maximum atomic E-state index is 3.50.